The van der Waals surface area contributed by atoms with Gasteiger partial charge in [-0.1, -0.05) is 64.0 Å². The van der Waals surface area contributed by atoms with E-state index in [1.54, 1.807) is 12.1 Å². The Morgan fingerprint density at radius 2 is 1.48 bits per heavy atom. The fourth-order valence-corrected chi connectivity index (χ4v) is 3.08. The van der Waals surface area contributed by atoms with Crippen molar-refractivity contribution in [3.8, 4) is 0 Å². The minimum absolute atomic E-state index is 0.00857. The lowest BCUT2D eigenvalue weighted by Gasteiger charge is -2.12. The van der Waals surface area contributed by atoms with E-state index in [9.17, 15) is 8.42 Å². The minimum Gasteiger partial charge on any atom is -0.324 e. The van der Waals surface area contributed by atoms with Gasteiger partial charge in [-0.15, -0.1) is 0 Å². The summed E-state index contributed by atoms with van der Waals surface area (Å²) in [5.41, 5.74) is 7.19. The van der Waals surface area contributed by atoms with E-state index in [2.05, 4.69) is 6.92 Å². The second-order valence-corrected chi connectivity index (χ2v) is 7.87. The van der Waals surface area contributed by atoms with Gasteiger partial charge in [0.05, 0.1) is 4.90 Å². The van der Waals surface area contributed by atoms with Gasteiger partial charge in [-0.05, 0) is 24.1 Å². The van der Waals surface area contributed by atoms with Gasteiger partial charge in [0.15, 0.2) is 9.84 Å². The van der Waals surface area contributed by atoms with Crippen molar-refractivity contribution in [1.29, 1.82) is 0 Å². The molecular formula is C17H29NO2S. The Kier molecular flexibility index (Phi) is 7.97. The van der Waals surface area contributed by atoms with E-state index in [0.717, 1.165) is 18.4 Å². The van der Waals surface area contributed by atoms with E-state index >= 15 is 0 Å². The van der Waals surface area contributed by atoms with Crippen LogP contribution < -0.4 is 5.73 Å². The summed E-state index contributed by atoms with van der Waals surface area (Å²) in [5, 5.41) is 0. The Hall–Kier alpha value is -0.870. The van der Waals surface area contributed by atoms with Crippen LogP contribution in [0.3, 0.4) is 0 Å². The monoisotopic (exact) mass is 311 g/mol. The van der Waals surface area contributed by atoms with Crippen LogP contribution in [0.4, 0.5) is 0 Å². The molecule has 0 aromatic heterocycles. The van der Waals surface area contributed by atoms with Crippen LogP contribution in [0.15, 0.2) is 29.2 Å². The number of rotatable bonds is 10. The molecule has 0 aliphatic rings. The molecule has 1 atom stereocenters. The van der Waals surface area contributed by atoms with Gasteiger partial charge in [0, 0.05) is 12.3 Å². The van der Waals surface area contributed by atoms with Crippen molar-refractivity contribution in [3.05, 3.63) is 29.8 Å². The Morgan fingerprint density at radius 3 is 2.00 bits per heavy atom. The number of unbranched alkanes of at least 4 members (excludes halogenated alkanes) is 6. The summed E-state index contributed by atoms with van der Waals surface area (Å²) >= 11 is 0. The first-order chi connectivity index (χ1) is 9.95. The Bertz CT molecular complexity index is 494. The molecule has 0 fully saturated rings. The fraction of sp³-hybridized carbons (Fsp3) is 0.647. The molecule has 0 saturated carbocycles. The van der Waals surface area contributed by atoms with Crippen LogP contribution in [0, 0.1) is 0 Å². The van der Waals surface area contributed by atoms with E-state index in [1.807, 2.05) is 12.1 Å². The predicted molar refractivity (Wildman–Crippen MR) is 89.1 cm³/mol. The molecule has 120 valence electrons. The lowest BCUT2D eigenvalue weighted by atomic mass is 10.0. The van der Waals surface area contributed by atoms with E-state index in [0.29, 0.717) is 4.90 Å². The maximum Gasteiger partial charge on any atom is 0.175 e. The molecule has 3 nitrogen and oxygen atoms in total. The third-order valence-electron chi connectivity index (χ3n) is 3.86. The second-order valence-electron chi connectivity index (χ2n) is 5.86. The highest BCUT2D eigenvalue weighted by Gasteiger charge is 2.09. The molecular weight excluding hydrogens is 282 g/mol. The molecule has 0 aliphatic heterocycles. The SMILES string of the molecule is CCCCCCCCCC(N)c1ccc(S(C)(=O)=O)cc1. The first-order valence-corrected chi connectivity index (χ1v) is 9.90. The van der Waals surface area contributed by atoms with Crippen molar-refractivity contribution >= 4 is 9.84 Å². The summed E-state index contributed by atoms with van der Waals surface area (Å²) in [5.74, 6) is 0. The smallest absolute Gasteiger partial charge is 0.175 e. The van der Waals surface area contributed by atoms with Crippen LogP contribution in [0.25, 0.3) is 0 Å². The highest BCUT2D eigenvalue weighted by Crippen LogP contribution is 2.20. The van der Waals surface area contributed by atoms with Crippen LogP contribution in [0.1, 0.15) is 69.9 Å². The molecule has 0 heterocycles. The molecule has 0 aliphatic carbocycles. The maximum atomic E-state index is 11.4. The third-order valence-corrected chi connectivity index (χ3v) is 4.98. The van der Waals surface area contributed by atoms with Gasteiger partial charge in [-0.2, -0.15) is 0 Å². The lowest BCUT2D eigenvalue weighted by molar-refractivity contribution is 0.541. The molecule has 0 bridgehead atoms. The second kappa shape index (κ2) is 9.21. The Morgan fingerprint density at radius 1 is 0.952 bits per heavy atom. The first-order valence-electron chi connectivity index (χ1n) is 8.00. The topological polar surface area (TPSA) is 60.2 Å². The highest BCUT2D eigenvalue weighted by molar-refractivity contribution is 7.90. The molecule has 0 amide bonds. The van der Waals surface area contributed by atoms with Gasteiger partial charge in [0.25, 0.3) is 0 Å². The molecule has 1 unspecified atom stereocenters. The molecule has 2 N–H and O–H groups in total. The first kappa shape index (κ1) is 18.2. The standard InChI is InChI=1S/C17H29NO2S/c1-3-4-5-6-7-8-9-10-17(18)15-11-13-16(14-12-15)21(2,19)20/h11-14,17H,3-10,18H2,1-2H3. The molecule has 21 heavy (non-hydrogen) atoms. The minimum atomic E-state index is -3.12. The number of benzene rings is 1. The number of hydrogen-bond acceptors (Lipinski definition) is 3. The molecule has 0 saturated heterocycles. The van der Waals surface area contributed by atoms with E-state index in [1.165, 1.54) is 44.8 Å². The van der Waals surface area contributed by atoms with Gasteiger partial charge < -0.3 is 5.73 Å². The van der Waals surface area contributed by atoms with E-state index < -0.39 is 9.84 Å². The fourth-order valence-electron chi connectivity index (χ4n) is 2.45. The summed E-state index contributed by atoms with van der Waals surface area (Å²) in [6, 6.07) is 6.98. The number of hydrogen-bond donors (Lipinski definition) is 1. The zero-order valence-electron chi connectivity index (χ0n) is 13.3. The average Bonchev–Trinajstić information content (AvgIpc) is 2.45. The predicted octanol–water partition coefficient (Wildman–Crippen LogP) is 4.23. The quantitative estimate of drug-likeness (QED) is 0.658. The molecule has 0 spiro atoms. The largest absolute Gasteiger partial charge is 0.324 e. The van der Waals surface area contributed by atoms with E-state index in [4.69, 9.17) is 5.73 Å². The van der Waals surface area contributed by atoms with Gasteiger partial charge in [-0.25, -0.2) is 8.42 Å². The van der Waals surface area contributed by atoms with Crippen LogP contribution in [0.5, 0.6) is 0 Å². The molecule has 1 aromatic carbocycles. The molecule has 0 radical (unpaired) electrons. The maximum absolute atomic E-state index is 11.4. The molecule has 1 aromatic rings. The van der Waals surface area contributed by atoms with Crippen molar-refractivity contribution in [2.24, 2.45) is 5.73 Å². The average molecular weight is 311 g/mol. The summed E-state index contributed by atoms with van der Waals surface area (Å²) in [4.78, 5) is 0.356. The third kappa shape index (κ3) is 7.09. The molecule has 4 heteroatoms. The number of nitrogens with two attached hydrogens (primary N) is 1. The number of sulfone groups is 1. The highest BCUT2D eigenvalue weighted by atomic mass is 32.2. The lowest BCUT2D eigenvalue weighted by Crippen LogP contribution is -2.10. The van der Waals surface area contributed by atoms with Crippen molar-refractivity contribution in [2.75, 3.05) is 6.26 Å². The van der Waals surface area contributed by atoms with Crippen LogP contribution in [-0.2, 0) is 9.84 Å². The van der Waals surface area contributed by atoms with Crippen molar-refractivity contribution < 1.29 is 8.42 Å². The Balaban J connectivity index is 2.31. The normalized spacial score (nSPS) is 13.3. The zero-order valence-corrected chi connectivity index (χ0v) is 14.2. The van der Waals surface area contributed by atoms with Gasteiger partial charge >= 0.3 is 0 Å². The van der Waals surface area contributed by atoms with Crippen molar-refractivity contribution in [2.45, 2.75) is 69.2 Å². The van der Waals surface area contributed by atoms with Crippen LogP contribution in [-0.4, -0.2) is 14.7 Å². The van der Waals surface area contributed by atoms with Crippen LogP contribution in [0.2, 0.25) is 0 Å². The summed E-state index contributed by atoms with van der Waals surface area (Å²) < 4.78 is 22.8. The zero-order chi connectivity index (χ0) is 15.7. The summed E-state index contributed by atoms with van der Waals surface area (Å²) in [7, 11) is -3.12. The molecule has 1 rings (SSSR count). The van der Waals surface area contributed by atoms with Gasteiger partial charge in [-0.3, -0.25) is 0 Å². The van der Waals surface area contributed by atoms with E-state index in [-0.39, 0.29) is 6.04 Å². The van der Waals surface area contributed by atoms with Gasteiger partial charge in [0.1, 0.15) is 0 Å². The van der Waals surface area contributed by atoms with Gasteiger partial charge in [0.2, 0.25) is 0 Å². The van der Waals surface area contributed by atoms with Crippen molar-refractivity contribution in [3.63, 3.8) is 0 Å². The Labute approximate surface area is 129 Å². The summed E-state index contributed by atoms with van der Waals surface area (Å²) in [6.45, 7) is 2.23. The van der Waals surface area contributed by atoms with Crippen molar-refractivity contribution in [1.82, 2.24) is 0 Å². The summed E-state index contributed by atoms with van der Waals surface area (Å²) in [6.07, 6.45) is 11.1. The van der Waals surface area contributed by atoms with Crippen LogP contribution >= 0.6 is 0 Å².